The number of nitrogens with zero attached hydrogens (tertiary/aromatic N) is 2. The van der Waals surface area contributed by atoms with Crippen molar-refractivity contribution < 1.29 is 29.4 Å². The van der Waals surface area contributed by atoms with E-state index in [2.05, 4.69) is 15.3 Å². The minimum Gasteiger partial charge on any atom is -0.392 e. The van der Waals surface area contributed by atoms with Crippen molar-refractivity contribution in [1.29, 1.82) is 0 Å². The summed E-state index contributed by atoms with van der Waals surface area (Å²) in [5, 5.41) is 21.5. The molecule has 1 aromatic heterocycles. The summed E-state index contributed by atoms with van der Waals surface area (Å²) in [5.41, 5.74) is 5.27. The molecule has 0 aliphatic carbocycles. The van der Waals surface area contributed by atoms with Crippen molar-refractivity contribution in [3.63, 3.8) is 0 Å². The summed E-state index contributed by atoms with van der Waals surface area (Å²) in [7, 11) is 0. The Labute approximate surface area is 237 Å². The summed E-state index contributed by atoms with van der Waals surface area (Å²) in [5.74, 6) is 0.127. The number of aliphatic hydroxyl groups is 1. The predicted octanol–water partition coefficient (Wildman–Crippen LogP) is 3.99. The van der Waals surface area contributed by atoms with Crippen LogP contribution in [-0.2, 0) is 32.2 Å². The van der Waals surface area contributed by atoms with E-state index in [0.717, 1.165) is 22.3 Å². The first kappa shape index (κ1) is 29.6. The van der Waals surface area contributed by atoms with Crippen molar-refractivity contribution >= 4 is 23.6 Å². The number of ether oxygens (including phenoxy) is 2. The summed E-state index contributed by atoms with van der Waals surface area (Å²) in [4.78, 5) is 31.8. The van der Waals surface area contributed by atoms with Gasteiger partial charge in [-0.1, -0.05) is 60.3 Å². The molecule has 2 amide bonds. The van der Waals surface area contributed by atoms with E-state index in [4.69, 9.17) is 14.7 Å². The molecule has 4 N–H and O–H groups in total. The number of carbonyl (C=O) groups excluding carboxylic acids is 2. The Morgan fingerprint density at radius 2 is 1.55 bits per heavy atom. The molecule has 1 aliphatic heterocycles. The molecule has 3 atom stereocenters. The molecule has 1 saturated heterocycles. The Kier molecular flexibility index (Phi) is 11.4. The number of carbonyl (C=O) groups is 2. The number of amides is 2. The second-order valence-corrected chi connectivity index (χ2v) is 10.4. The second kappa shape index (κ2) is 15.4. The van der Waals surface area contributed by atoms with Crippen LogP contribution in [0.1, 0.15) is 66.8 Å². The summed E-state index contributed by atoms with van der Waals surface area (Å²) in [6.45, 7) is 0.378. The zero-order chi connectivity index (χ0) is 28.2. The molecule has 0 bridgehead atoms. The zero-order valence-corrected chi connectivity index (χ0v) is 22.9. The van der Waals surface area contributed by atoms with Gasteiger partial charge in [0, 0.05) is 49.5 Å². The van der Waals surface area contributed by atoms with Crippen molar-refractivity contribution in [2.45, 2.75) is 68.9 Å². The van der Waals surface area contributed by atoms with Crippen molar-refractivity contribution in [2.24, 2.45) is 0 Å². The average Bonchev–Trinajstić information content (AvgIpc) is 3.01. The Balaban J connectivity index is 1.35. The van der Waals surface area contributed by atoms with E-state index in [1.54, 1.807) is 35.7 Å². The molecule has 0 spiro atoms. The van der Waals surface area contributed by atoms with E-state index < -0.39 is 12.2 Å². The number of hydrogen-bond donors (Lipinski definition) is 4. The van der Waals surface area contributed by atoms with Gasteiger partial charge in [-0.25, -0.2) is 15.4 Å². The summed E-state index contributed by atoms with van der Waals surface area (Å²) < 4.78 is 12.7. The van der Waals surface area contributed by atoms with Gasteiger partial charge in [0.05, 0.1) is 18.8 Å². The third-order valence-electron chi connectivity index (χ3n) is 6.48. The van der Waals surface area contributed by atoms with Crippen LogP contribution in [0.3, 0.4) is 0 Å². The van der Waals surface area contributed by atoms with Crippen LogP contribution in [0, 0.1) is 0 Å². The van der Waals surface area contributed by atoms with Crippen LogP contribution in [0.2, 0.25) is 0 Å². The SMILES string of the molecule is O=C(CCCCC(=O)NCc1ccc(C2OC(CSc3ncccn3)CC(c3ccc(CO)cc3)O2)cc1)NO. The Morgan fingerprint density at radius 3 is 2.23 bits per heavy atom. The third-order valence-corrected chi connectivity index (χ3v) is 7.49. The molecule has 10 nitrogen and oxygen atoms in total. The number of aromatic nitrogens is 2. The predicted molar refractivity (Wildman–Crippen MR) is 148 cm³/mol. The zero-order valence-electron chi connectivity index (χ0n) is 22.1. The lowest BCUT2D eigenvalue weighted by Gasteiger charge is -2.36. The Morgan fingerprint density at radius 1 is 0.900 bits per heavy atom. The highest BCUT2D eigenvalue weighted by Gasteiger charge is 2.32. The maximum absolute atomic E-state index is 12.1. The lowest BCUT2D eigenvalue weighted by atomic mass is 10.0. The molecule has 2 aromatic carbocycles. The minimum atomic E-state index is -0.571. The molecular formula is C29H34N4O6S. The number of thioether (sulfide) groups is 1. The number of aliphatic hydroxyl groups excluding tert-OH is 1. The van der Waals surface area contributed by atoms with E-state index in [1.807, 2.05) is 48.5 Å². The molecule has 212 valence electrons. The summed E-state index contributed by atoms with van der Waals surface area (Å²) >= 11 is 1.54. The van der Waals surface area contributed by atoms with Crippen LogP contribution in [0.5, 0.6) is 0 Å². The molecule has 11 heteroatoms. The van der Waals surface area contributed by atoms with Crippen LogP contribution < -0.4 is 10.8 Å². The van der Waals surface area contributed by atoms with Crippen molar-refractivity contribution in [3.8, 4) is 0 Å². The van der Waals surface area contributed by atoms with E-state index in [1.165, 1.54) is 0 Å². The molecule has 3 aromatic rings. The summed E-state index contributed by atoms with van der Waals surface area (Å²) in [6, 6.07) is 17.3. The first-order valence-corrected chi connectivity index (χ1v) is 14.2. The van der Waals surface area contributed by atoms with Crippen LogP contribution in [0.25, 0.3) is 0 Å². The highest BCUT2D eigenvalue weighted by molar-refractivity contribution is 7.99. The number of rotatable bonds is 13. The molecular weight excluding hydrogens is 532 g/mol. The Bertz CT molecular complexity index is 1210. The second-order valence-electron chi connectivity index (χ2n) is 9.45. The van der Waals surface area contributed by atoms with Gasteiger partial charge in [0.25, 0.3) is 0 Å². The Hall–Kier alpha value is -3.35. The number of nitrogens with one attached hydrogen (secondary N) is 2. The smallest absolute Gasteiger partial charge is 0.243 e. The van der Waals surface area contributed by atoms with Crippen LogP contribution in [0.4, 0.5) is 0 Å². The number of hydrogen-bond acceptors (Lipinski definition) is 9. The van der Waals surface area contributed by atoms with E-state index in [-0.39, 0.29) is 31.1 Å². The van der Waals surface area contributed by atoms with E-state index >= 15 is 0 Å². The fourth-order valence-corrected chi connectivity index (χ4v) is 5.08. The van der Waals surface area contributed by atoms with Crippen LogP contribution in [0.15, 0.2) is 72.1 Å². The van der Waals surface area contributed by atoms with Gasteiger partial charge in [0.2, 0.25) is 11.8 Å². The summed E-state index contributed by atoms with van der Waals surface area (Å²) in [6.07, 6.45) is 4.85. The lowest BCUT2D eigenvalue weighted by molar-refractivity contribution is -0.245. The average molecular weight is 567 g/mol. The van der Waals surface area contributed by atoms with Gasteiger partial charge in [-0.3, -0.25) is 14.8 Å². The molecule has 0 radical (unpaired) electrons. The minimum absolute atomic E-state index is 0.00989. The van der Waals surface area contributed by atoms with E-state index in [9.17, 15) is 14.7 Å². The molecule has 2 heterocycles. The van der Waals surface area contributed by atoms with Gasteiger partial charge in [-0.2, -0.15) is 0 Å². The molecule has 0 saturated carbocycles. The van der Waals surface area contributed by atoms with E-state index in [0.29, 0.717) is 43.1 Å². The van der Waals surface area contributed by atoms with Crippen molar-refractivity contribution in [3.05, 3.63) is 89.2 Å². The largest absolute Gasteiger partial charge is 0.392 e. The fraction of sp³-hybridized carbons (Fsp3) is 0.379. The number of unbranched alkanes of at least 4 members (excludes halogenated alkanes) is 1. The highest BCUT2D eigenvalue weighted by Crippen LogP contribution is 2.39. The van der Waals surface area contributed by atoms with Crippen molar-refractivity contribution in [2.75, 3.05) is 5.75 Å². The highest BCUT2D eigenvalue weighted by atomic mass is 32.2. The molecule has 40 heavy (non-hydrogen) atoms. The topological polar surface area (TPSA) is 143 Å². The van der Waals surface area contributed by atoms with Gasteiger partial charge in [0.1, 0.15) is 0 Å². The van der Waals surface area contributed by atoms with Gasteiger partial charge in [-0.05, 0) is 35.6 Å². The van der Waals surface area contributed by atoms with Gasteiger partial charge >= 0.3 is 0 Å². The van der Waals surface area contributed by atoms with Crippen LogP contribution in [-0.4, -0.2) is 44.0 Å². The van der Waals surface area contributed by atoms with Gasteiger partial charge in [0.15, 0.2) is 11.4 Å². The maximum atomic E-state index is 12.1. The standard InChI is InChI=1S/C29H34N4O6S/c34-18-21-8-10-22(11-9-21)25-16-24(19-40-29-30-14-3-15-31-29)38-28(39-25)23-12-6-20(7-13-23)17-32-26(35)4-1-2-5-27(36)33-37/h3,6-15,24-25,28,34,37H,1-2,4-5,16-19H2,(H,32,35)(H,33,36). The number of benzene rings is 2. The first-order chi connectivity index (χ1) is 19.5. The molecule has 4 rings (SSSR count). The molecule has 3 unspecified atom stereocenters. The third kappa shape index (κ3) is 9.10. The maximum Gasteiger partial charge on any atom is 0.243 e. The van der Waals surface area contributed by atoms with Gasteiger partial charge < -0.3 is 19.9 Å². The van der Waals surface area contributed by atoms with Gasteiger partial charge in [-0.15, -0.1) is 0 Å². The van der Waals surface area contributed by atoms with Crippen molar-refractivity contribution in [1.82, 2.24) is 20.8 Å². The fourth-order valence-electron chi connectivity index (χ4n) is 4.26. The quantitative estimate of drug-likeness (QED) is 0.0794. The van der Waals surface area contributed by atoms with Crippen LogP contribution >= 0.6 is 11.8 Å². The number of hydroxylamine groups is 1. The molecule has 1 fully saturated rings. The first-order valence-electron chi connectivity index (χ1n) is 13.2. The lowest BCUT2D eigenvalue weighted by Crippen LogP contribution is -2.31. The monoisotopic (exact) mass is 566 g/mol. The normalized spacial score (nSPS) is 18.7. The molecule has 1 aliphatic rings.